The molecule has 1 aromatic carbocycles. The first-order valence-electron chi connectivity index (χ1n) is 8.99. The predicted molar refractivity (Wildman–Crippen MR) is 98.6 cm³/mol. The van der Waals surface area contributed by atoms with Crippen LogP contribution in [0.25, 0.3) is 5.69 Å². The second kappa shape index (κ2) is 6.47. The van der Waals surface area contributed by atoms with Gasteiger partial charge in [0.15, 0.2) is 5.82 Å². The summed E-state index contributed by atoms with van der Waals surface area (Å²) in [5.74, 6) is 0.331. The van der Waals surface area contributed by atoms with Gasteiger partial charge >= 0.3 is 6.03 Å². The van der Waals surface area contributed by atoms with Crippen molar-refractivity contribution in [1.82, 2.24) is 40.6 Å². The fraction of sp³-hybridized carbons (Fsp3) is 0.389. The van der Waals surface area contributed by atoms with Gasteiger partial charge in [-0.3, -0.25) is 9.69 Å². The summed E-state index contributed by atoms with van der Waals surface area (Å²) in [6, 6.07) is 6.54. The molecule has 0 bridgehead atoms. The quantitative estimate of drug-likeness (QED) is 0.653. The summed E-state index contributed by atoms with van der Waals surface area (Å²) >= 11 is 0. The molecule has 0 radical (unpaired) electrons. The number of benzene rings is 1. The Bertz CT molecular complexity index is 1050. The molecule has 3 heterocycles. The SMILES string of the molecule is CC(C)(C)c1nc(CN2C(=O)N[C@](C)(c3ccc(-n4cnnn4)cc3)C2=O)no1. The Morgan fingerprint density at radius 2 is 1.90 bits per heavy atom. The van der Waals surface area contributed by atoms with Crippen LogP contribution in [0.2, 0.25) is 0 Å². The molecular weight excluding hydrogens is 376 g/mol. The van der Waals surface area contributed by atoms with E-state index in [1.165, 1.54) is 11.0 Å². The lowest BCUT2D eigenvalue weighted by molar-refractivity contribution is -0.131. The van der Waals surface area contributed by atoms with Gasteiger partial charge in [-0.1, -0.05) is 38.1 Å². The highest BCUT2D eigenvalue weighted by Gasteiger charge is 2.49. The largest absolute Gasteiger partial charge is 0.339 e. The molecule has 29 heavy (non-hydrogen) atoms. The Hall–Kier alpha value is -3.63. The molecule has 3 amide bonds. The zero-order chi connectivity index (χ0) is 20.8. The standard InChI is InChI=1S/C18H20N8O3/c1-17(2,3)14-20-13(22-29-14)9-25-15(27)18(4,21-16(25)28)11-5-7-12(8-6-11)26-10-19-23-24-26/h5-8,10H,9H2,1-4H3,(H,21,28)/t18-/m1/s1. The van der Waals surface area contributed by atoms with Gasteiger partial charge < -0.3 is 9.84 Å². The number of nitrogens with zero attached hydrogens (tertiary/aromatic N) is 7. The van der Waals surface area contributed by atoms with Crippen LogP contribution in [-0.2, 0) is 22.3 Å². The first-order valence-corrected chi connectivity index (χ1v) is 8.99. The highest BCUT2D eigenvalue weighted by atomic mass is 16.5. The monoisotopic (exact) mass is 396 g/mol. The Morgan fingerprint density at radius 1 is 1.17 bits per heavy atom. The number of urea groups is 1. The van der Waals surface area contributed by atoms with Gasteiger partial charge in [-0.2, -0.15) is 4.98 Å². The third-order valence-corrected chi connectivity index (χ3v) is 4.74. The van der Waals surface area contributed by atoms with Crippen LogP contribution in [0.15, 0.2) is 35.1 Å². The van der Waals surface area contributed by atoms with Crippen LogP contribution in [0.1, 0.15) is 45.0 Å². The number of tetrazole rings is 1. The van der Waals surface area contributed by atoms with Crippen molar-refractivity contribution in [3.8, 4) is 5.69 Å². The first-order chi connectivity index (χ1) is 13.7. The van der Waals surface area contributed by atoms with Crippen LogP contribution in [0.5, 0.6) is 0 Å². The van der Waals surface area contributed by atoms with Crippen molar-refractivity contribution < 1.29 is 14.1 Å². The molecule has 1 N–H and O–H groups in total. The summed E-state index contributed by atoms with van der Waals surface area (Å²) in [7, 11) is 0. The maximum absolute atomic E-state index is 13.1. The Morgan fingerprint density at radius 3 is 2.48 bits per heavy atom. The molecule has 3 aromatic rings. The van der Waals surface area contributed by atoms with Crippen molar-refractivity contribution in [2.75, 3.05) is 0 Å². The van der Waals surface area contributed by atoms with Crippen molar-refractivity contribution in [2.45, 2.75) is 45.2 Å². The van der Waals surface area contributed by atoms with Gasteiger partial charge in [0.05, 0.1) is 12.2 Å². The molecule has 0 saturated carbocycles. The Balaban J connectivity index is 1.56. The van der Waals surface area contributed by atoms with E-state index in [9.17, 15) is 9.59 Å². The molecule has 0 aliphatic carbocycles. The first kappa shape index (κ1) is 18.7. The number of carbonyl (C=O) groups excluding carboxylic acids is 2. The van der Waals surface area contributed by atoms with Crippen LogP contribution in [-0.4, -0.2) is 47.2 Å². The van der Waals surface area contributed by atoms with E-state index in [1.54, 1.807) is 31.2 Å². The number of hydrogen-bond donors (Lipinski definition) is 1. The van der Waals surface area contributed by atoms with E-state index in [0.29, 0.717) is 11.5 Å². The average Bonchev–Trinajstić information content (AvgIpc) is 3.40. The average molecular weight is 396 g/mol. The zero-order valence-corrected chi connectivity index (χ0v) is 16.4. The van der Waals surface area contributed by atoms with E-state index in [0.717, 1.165) is 10.6 Å². The number of aromatic nitrogens is 6. The lowest BCUT2D eigenvalue weighted by Crippen LogP contribution is -2.40. The van der Waals surface area contributed by atoms with E-state index in [-0.39, 0.29) is 23.7 Å². The van der Waals surface area contributed by atoms with Gasteiger partial charge in [0.2, 0.25) is 5.89 Å². The van der Waals surface area contributed by atoms with Crippen molar-refractivity contribution in [3.63, 3.8) is 0 Å². The Labute approximate surface area is 166 Å². The minimum atomic E-state index is -1.20. The predicted octanol–water partition coefficient (Wildman–Crippen LogP) is 1.31. The summed E-state index contributed by atoms with van der Waals surface area (Å²) in [6.07, 6.45) is 1.47. The molecule has 1 aliphatic rings. The topological polar surface area (TPSA) is 132 Å². The fourth-order valence-electron chi connectivity index (χ4n) is 3.03. The van der Waals surface area contributed by atoms with Crippen LogP contribution < -0.4 is 5.32 Å². The van der Waals surface area contributed by atoms with Crippen LogP contribution >= 0.6 is 0 Å². The van der Waals surface area contributed by atoms with Crippen LogP contribution in [0.4, 0.5) is 4.79 Å². The molecular formula is C18H20N8O3. The summed E-state index contributed by atoms with van der Waals surface area (Å²) in [4.78, 5) is 31.0. The molecule has 1 aliphatic heterocycles. The van der Waals surface area contributed by atoms with Gasteiger partial charge in [-0.15, -0.1) is 5.10 Å². The maximum Gasteiger partial charge on any atom is 0.325 e. The molecule has 1 saturated heterocycles. The van der Waals surface area contributed by atoms with Crippen LogP contribution in [0, 0.1) is 0 Å². The second-order valence-electron chi connectivity index (χ2n) is 8.01. The van der Waals surface area contributed by atoms with E-state index < -0.39 is 11.6 Å². The van der Waals surface area contributed by atoms with Gasteiger partial charge in [-0.25, -0.2) is 9.48 Å². The van der Waals surface area contributed by atoms with Crippen molar-refractivity contribution in [1.29, 1.82) is 0 Å². The zero-order valence-electron chi connectivity index (χ0n) is 16.4. The minimum Gasteiger partial charge on any atom is -0.339 e. The third kappa shape index (κ3) is 3.24. The van der Waals surface area contributed by atoms with E-state index in [4.69, 9.17) is 4.52 Å². The molecule has 1 atom stereocenters. The molecule has 11 heteroatoms. The molecule has 0 spiro atoms. The van der Waals surface area contributed by atoms with Crippen molar-refractivity contribution in [3.05, 3.63) is 47.9 Å². The van der Waals surface area contributed by atoms with Gasteiger partial charge in [0, 0.05) is 5.41 Å². The number of hydrogen-bond acceptors (Lipinski definition) is 8. The van der Waals surface area contributed by atoms with Crippen molar-refractivity contribution >= 4 is 11.9 Å². The summed E-state index contributed by atoms with van der Waals surface area (Å²) in [5, 5.41) is 17.7. The second-order valence-corrected chi connectivity index (χ2v) is 8.01. The summed E-state index contributed by atoms with van der Waals surface area (Å²) < 4.78 is 6.74. The summed E-state index contributed by atoms with van der Waals surface area (Å²) in [6.45, 7) is 7.41. The van der Waals surface area contributed by atoms with Gasteiger partial charge in [-0.05, 0) is 35.0 Å². The number of carbonyl (C=O) groups is 2. The molecule has 1 fully saturated rings. The lowest BCUT2D eigenvalue weighted by atomic mass is 9.92. The lowest BCUT2D eigenvalue weighted by Gasteiger charge is -2.22. The molecule has 0 unspecified atom stereocenters. The number of nitrogens with one attached hydrogen (secondary N) is 1. The number of imide groups is 1. The van der Waals surface area contributed by atoms with Gasteiger partial charge in [0.1, 0.15) is 11.9 Å². The highest BCUT2D eigenvalue weighted by Crippen LogP contribution is 2.30. The van der Waals surface area contributed by atoms with Gasteiger partial charge in [0.25, 0.3) is 5.91 Å². The van der Waals surface area contributed by atoms with Crippen LogP contribution in [0.3, 0.4) is 0 Å². The number of amides is 3. The fourth-order valence-corrected chi connectivity index (χ4v) is 3.03. The third-order valence-electron chi connectivity index (χ3n) is 4.74. The molecule has 2 aromatic heterocycles. The van der Waals surface area contributed by atoms with E-state index in [2.05, 4.69) is 31.0 Å². The Kier molecular flexibility index (Phi) is 4.17. The smallest absolute Gasteiger partial charge is 0.325 e. The normalized spacial score (nSPS) is 19.7. The summed E-state index contributed by atoms with van der Waals surface area (Å²) in [5.41, 5.74) is -0.151. The molecule has 150 valence electrons. The molecule has 4 rings (SSSR count). The van der Waals surface area contributed by atoms with Crippen molar-refractivity contribution in [2.24, 2.45) is 0 Å². The van der Waals surface area contributed by atoms with E-state index in [1.807, 2.05) is 20.8 Å². The van der Waals surface area contributed by atoms with E-state index >= 15 is 0 Å². The highest BCUT2D eigenvalue weighted by molar-refractivity contribution is 6.07. The molecule has 11 nitrogen and oxygen atoms in total. The maximum atomic E-state index is 13.1. The number of rotatable bonds is 4. The minimum absolute atomic E-state index is 0.0669.